The molecule has 1 aliphatic heterocycles. The number of rotatable bonds is 3. The van der Waals surface area contributed by atoms with E-state index in [2.05, 4.69) is 36.2 Å². The third-order valence-electron chi connectivity index (χ3n) is 2.84. The van der Waals surface area contributed by atoms with Gasteiger partial charge in [0.15, 0.2) is 5.82 Å². The van der Waals surface area contributed by atoms with E-state index in [4.69, 9.17) is 9.26 Å². The van der Waals surface area contributed by atoms with Crippen LogP contribution in [0.3, 0.4) is 0 Å². The molecule has 2 heterocycles. The molecule has 0 saturated carbocycles. The highest BCUT2D eigenvalue weighted by molar-refractivity contribution is 4.96. The summed E-state index contributed by atoms with van der Waals surface area (Å²) in [6.45, 7) is 8.57. The zero-order chi connectivity index (χ0) is 12.3. The molecule has 1 saturated heterocycles. The van der Waals surface area contributed by atoms with Crippen molar-refractivity contribution in [1.82, 2.24) is 15.5 Å². The fourth-order valence-electron chi connectivity index (χ4n) is 1.80. The predicted molar refractivity (Wildman–Crippen MR) is 63.7 cm³/mol. The Hall–Kier alpha value is -0.940. The largest absolute Gasteiger partial charge is 0.381 e. The van der Waals surface area contributed by atoms with Crippen LogP contribution in [0.25, 0.3) is 0 Å². The van der Waals surface area contributed by atoms with E-state index in [0.717, 1.165) is 31.9 Å². The molecular weight excluding hydrogens is 218 g/mol. The Morgan fingerprint density at radius 1 is 1.29 bits per heavy atom. The third-order valence-corrected chi connectivity index (χ3v) is 2.84. The lowest BCUT2D eigenvalue weighted by molar-refractivity contribution is 0.0830. The topological polar surface area (TPSA) is 60.2 Å². The average molecular weight is 239 g/mol. The second kappa shape index (κ2) is 5.14. The van der Waals surface area contributed by atoms with Crippen LogP contribution < -0.4 is 5.32 Å². The van der Waals surface area contributed by atoms with E-state index < -0.39 is 0 Å². The molecule has 1 N–H and O–H groups in total. The highest BCUT2D eigenvalue weighted by Gasteiger charge is 2.21. The lowest BCUT2D eigenvalue weighted by Gasteiger charge is -2.19. The Kier molecular flexibility index (Phi) is 3.79. The van der Waals surface area contributed by atoms with E-state index in [9.17, 15) is 0 Å². The van der Waals surface area contributed by atoms with E-state index in [0.29, 0.717) is 18.4 Å². The van der Waals surface area contributed by atoms with E-state index in [1.54, 1.807) is 0 Å². The molecule has 0 radical (unpaired) electrons. The minimum absolute atomic E-state index is 0.0628. The van der Waals surface area contributed by atoms with Gasteiger partial charge in [-0.15, -0.1) is 0 Å². The molecular formula is C12H21N3O2. The Labute approximate surface area is 102 Å². The molecule has 96 valence electrons. The van der Waals surface area contributed by atoms with E-state index in [1.807, 2.05) is 0 Å². The molecule has 1 aromatic heterocycles. The maximum absolute atomic E-state index is 5.32. The third kappa shape index (κ3) is 3.78. The maximum Gasteiger partial charge on any atom is 0.240 e. The molecule has 0 amide bonds. The Morgan fingerprint density at radius 2 is 2.00 bits per heavy atom. The molecule has 1 aliphatic rings. The quantitative estimate of drug-likeness (QED) is 0.872. The summed E-state index contributed by atoms with van der Waals surface area (Å²) in [4.78, 5) is 4.44. The van der Waals surface area contributed by atoms with E-state index >= 15 is 0 Å². The van der Waals surface area contributed by atoms with Crippen LogP contribution in [0.1, 0.15) is 51.2 Å². The molecule has 0 atom stereocenters. The normalized spacial score (nSPS) is 18.5. The summed E-state index contributed by atoms with van der Waals surface area (Å²) in [5, 5.41) is 7.39. The second-order valence-corrected chi connectivity index (χ2v) is 5.54. The van der Waals surface area contributed by atoms with Crippen molar-refractivity contribution in [2.75, 3.05) is 13.2 Å². The fourth-order valence-corrected chi connectivity index (χ4v) is 1.80. The van der Waals surface area contributed by atoms with Crippen molar-refractivity contribution in [2.45, 2.75) is 51.6 Å². The van der Waals surface area contributed by atoms with Crippen molar-refractivity contribution in [1.29, 1.82) is 0 Å². The first kappa shape index (κ1) is 12.5. The molecule has 1 fully saturated rings. The number of hydrogen-bond donors (Lipinski definition) is 1. The van der Waals surface area contributed by atoms with Gasteiger partial charge in [0, 0.05) is 24.7 Å². The number of aromatic nitrogens is 2. The number of ether oxygens (including phenoxy) is 1. The number of nitrogens with zero attached hydrogens (tertiary/aromatic N) is 2. The second-order valence-electron chi connectivity index (χ2n) is 5.54. The average Bonchev–Trinajstić information content (AvgIpc) is 2.75. The van der Waals surface area contributed by atoms with Crippen LogP contribution in [0.15, 0.2) is 4.52 Å². The summed E-state index contributed by atoms with van der Waals surface area (Å²) < 4.78 is 10.6. The van der Waals surface area contributed by atoms with Gasteiger partial charge in [-0.1, -0.05) is 5.16 Å². The van der Waals surface area contributed by atoms with Crippen LogP contribution in [0, 0.1) is 0 Å². The van der Waals surface area contributed by atoms with Gasteiger partial charge in [0.2, 0.25) is 5.89 Å². The maximum atomic E-state index is 5.32. The molecule has 0 unspecified atom stereocenters. The van der Waals surface area contributed by atoms with Crippen molar-refractivity contribution in [3.8, 4) is 0 Å². The summed E-state index contributed by atoms with van der Waals surface area (Å²) in [7, 11) is 0. The molecule has 5 heteroatoms. The minimum Gasteiger partial charge on any atom is -0.381 e. The molecule has 2 rings (SSSR count). The SMILES string of the molecule is CC(C)(C)NCc1nc(C2CCOCC2)no1. The first-order valence-corrected chi connectivity index (χ1v) is 6.20. The van der Waals surface area contributed by atoms with Gasteiger partial charge in [-0.3, -0.25) is 0 Å². The van der Waals surface area contributed by atoms with Crippen LogP contribution in [0.4, 0.5) is 0 Å². The lowest BCUT2D eigenvalue weighted by atomic mass is 10.00. The minimum atomic E-state index is 0.0628. The molecule has 0 bridgehead atoms. The Balaban J connectivity index is 1.91. The zero-order valence-corrected chi connectivity index (χ0v) is 10.8. The number of hydrogen-bond acceptors (Lipinski definition) is 5. The molecule has 0 spiro atoms. The number of nitrogens with one attached hydrogen (secondary N) is 1. The van der Waals surface area contributed by atoms with Crippen molar-refractivity contribution < 1.29 is 9.26 Å². The van der Waals surface area contributed by atoms with Crippen molar-refractivity contribution in [3.05, 3.63) is 11.7 Å². The van der Waals surface area contributed by atoms with Crippen LogP contribution in [0.5, 0.6) is 0 Å². The van der Waals surface area contributed by atoms with Gasteiger partial charge in [0.05, 0.1) is 6.54 Å². The standard InChI is InChI=1S/C12H21N3O2/c1-12(2,3)13-8-10-14-11(15-17-10)9-4-6-16-7-5-9/h9,13H,4-8H2,1-3H3. The Bertz CT molecular complexity index is 351. The smallest absolute Gasteiger partial charge is 0.240 e. The van der Waals surface area contributed by atoms with Gasteiger partial charge in [-0.05, 0) is 33.6 Å². The van der Waals surface area contributed by atoms with Gasteiger partial charge in [-0.25, -0.2) is 0 Å². The van der Waals surface area contributed by atoms with Crippen molar-refractivity contribution in [3.63, 3.8) is 0 Å². The molecule has 17 heavy (non-hydrogen) atoms. The molecule has 1 aromatic rings. The summed E-state index contributed by atoms with van der Waals surface area (Å²) in [5.41, 5.74) is 0.0628. The molecule has 0 aromatic carbocycles. The first-order chi connectivity index (χ1) is 8.04. The summed E-state index contributed by atoms with van der Waals surface area (Å²) in [5.74, 6) is 1.90. The van der Waals surface area contributed by atoms with Crippen LogP contribution >= 0.6 is 0 Å². The Morgan fingerprint density at radius 3 is 2.65 bits per heavy atom. The van der Waals surface area contributed by atoms with Crippen LogP contribution in [-0.4, -0.2) is 28.9 Å². The summed E-state index contributed by atoms with van der Waals surface area (Å²) in [6.07, 6.45) is 1.98. The monoisotopic (exact) mass is 239 g/mol. The fraction of sp³-hybridized carbons (Fsp3) is 0.833. The van der Waals surface area contributed by atoms with Gasteiger partial charge < -0.3 is 14.6 Å². The van der Waals surface area contributed by atoms with Gasteiger partial charge in [0.1, 0.15) is 0 Å². The summed E-state index contributed by atoms with van der Waals surface area (Å²) in [6, 6.07) is 0. The van der Waals surface area contributed by atoms with Crippen molar-refractivity contribution >= 4 is 0 Å². The van der Waals surface area contributed by atoms with E-state index in [1.165, 1.54) is 0 Å². The summed E-state index contributed by atoms with van der Waals surface area (Å²) >= 11 is 0. The van der Waals surface area contributed by atoms with Gasteiger partial charge >= 0.3 is 0 Å². The van der Waals surface area contributed by atoms with E-state index in [-0.39, 0.29) is 5.54 Å². The first-order valence-electron chi connectivity index (χ1n) is 6.20. The molecule has 5 nitrogen and oxygen atoms in total. The predicted octanol–water partition coefficient (Wildman–Crippen LogP) is 1.85. The van der Waals surface area contributed by atoms with Crippen molar-refractivity contribution in [2.24, 2.45) is 0 Å². The van der Waals surface area contributed by atoms with Gasteiger partial charge in [-0.2, -0.15) is 4.98 Å². The highest BCUT2D eigenvalue weighted by Crippen LogP contribution is 2.24. The molecule has 0 aliphatic carbocycles. The zero-order valence-electron chi connectivity index (χ0n) is 10.8. The lowest BCUT2D eigenvalue weighted by Crippen LogP contribution is -2.35. The van der Waals surface area contributed by atoms with Gasteiger partial charge in [0.25, 0.3) is 0 Å². The highest BCUT2D eigenvalue weighted by atomic mass is 16.5. The van der Waals surface area contributed by atoms with Crippen LogP contribution in [0.2, 0.25) is 0 Å². The van der Waals surface area contributed by atoms with Crippen LogP contribution in [-0.2, 0) is 11.3 Å².